The van der Waals surface area contributed by atoms with Gasteiger partial charge in [0.1, 0.15) is 11.4 Å². The number of ether oxygens (including phenoxy) is 1. The molecule has 1 heterocycles. The molecule has 0 aliphatic rings. The summed E-state index contributed by atoms with van der Waals surface area (Å²) in [5, 5.41) is 11.3. The minimum atomic E-state index is -0.248. The fourth-order valence-corrected chi connectivity index (χ4v) is 2.61. The van der Waals surface area contributed by atoms with Crippen LogP contribution in [-0.2, 0) is 6.42 Å². The zero-order valence-corrected chi connectivity index (χ0v) is 15.2. The second-order valence-corrected chi connectivity index (χ2v) is 6.08. The summed E-state index contributed by atoms with van der Waals surface area (Å²) in [4.78, 5) is 15.1. The molecule has 134 valence electrons. The van der Waals surface area contributed by atoms with E-state index in [2.05, 4.69) is 20.5 Å². The highest BCUT2D eigenvalue weighted by Gasteiger charge is 2.08. The second kappa shape index (κ2) is 7.82. The van der Waals surface area contributed by atoms with Gasteiger partial charge in [-0.05, 0) is 55.7 Å². The van der Waals surface area contributed by atoms with Gasteiger partial charge >= 0.3 is 0 Å². The first-order valence-electron chi connectivity index (χ1n) is 8.57. The average Bonchev–Trinajstić information content (AvgIpc) is 2.63. The molecule has 3 aromatic rings. The quantitative estimate of drug-likeness (QED) is 0.711. The Morgan fingerprint density at radius 3 is 2.54 bits per heavy atom. The molecular weight excluding hydrogens is 328 g/mol. The largest absolute Gasteiger partial charge is 0.494 e. The molecule has 0 atom stereocenters. The number of H-pyrrole nitrogens is 1. The van der Waals surface area contributed by atoms with Crippen molar-refractivity contribution in [2.45, 2.75) is 27.2 Å². The van der Waals surface area contributed by atoms with Crippen molar-refractivity contribution in [2.24, 2.45) is 0 Å². The number of hydrogen-bond acceptors (Lipinski definition) is 5. The van der Waals surface area contributed by atoms with Gasteiger partial charge in [0.05, 0.1) is 6.61 Å². The Labute approximate surface area is 152 Å². The molecule has 2 N–H and O–H groups in total. The van der Waals surface area contributed by atoms with Gasteiger partial charge in [0, 0.05) is 12.1 Å². The van der Waals surface area contributed by atoms with Gasteiger partial charge < -0.3 is 10.1 Å². The molecule has 6 nitrogen and oxygen atoms in total. The van der Waals surface area contributed by atoms with Gasteiger partial charge in [-0.1, -0.05) is 24.3 Å². The number of nitrogens with zero attached hydrogens (tertiary/aromatic N) is 2. The van der Waals surface area contributed by atoms with Gasteiger partial charge in [-0.15, -0.1) is 10.2 Å². The number of nitrogens with one attached hydrogen (secondary N) is 2. The van der Waals surface area contributed by atoms with E-state index < -0.39 is 0 Å². The first kappa shape index (κ1) is 17.7. The first-order chi connectivity index (χ1) is 12.6. The Balaban J connectivity index is 1.75. The number of benzene rings is 2. The molecular formula is C20H22N4O2. The molecule has 2 aromatic carbocycles. The van der Waals surface area contributed by atoms with Crippen LogP contribution < -0.4 is 15.6 Å². The van der Waals surface area contributed by atoms with Crippen molar-refractivity contribution < 1.29 is 4.74 Å². The highest BCUT2D eigenvalue weighted by atomic mass is 16.5. The summed E-state index contributed by atoms with van der Waals surface area (Å²) in [5.41, 5.74) is 4.27. The van der Waals surface area contributed by atoms with E-state index in [1.807, 2.05) is 63.2 Å². The Hall–Kier alpha value is -3.15. The van der Waals surface area contributed by atoms with Gasteiger partial charge in [0.2, 0.25) is 5.95 Å². The molecule has 3 rings (SSSR count). The van der Waals surface area contributed by atoms with Crippen molar-refractivity contribution in [3.05, 3.63) is 75.2 Å². The molecule has 0 spiro atoms. The molecule has 0 aliphatic carbocycles. The van der Waals surface area contributed by atoms with E-state index >= 15 is 0 Å². The van der Waals surface area contributed by atoms with Crippen LogP contribution in [0.3, 0.4) is 0 Å². The number of anilines is 2. The van der Waals surface area contributed by atoms with Crippen LogP contribution in [0.15, 0.2) is 47.3 Å². The molecule has 0 aliphatic heterocycles. The van der Waals surface area contributed by atoms with Crippen molar-refractivity contribution in [1.29, 1.82) is 0 Å². The van der Waals surface area contributed by atoms with E-state index in [1.54, 1.807) is 0 Å². The van der Waals surface area contributed by atoms with Gasteiger partial charge in [-0.2, -0.15) is 0 Å². The molecule has 0 radical (unpaired) electrons. The number of aromatic amines is 1. The zero-order chi connectivity index (χ0) is 18.5. The number of hydrogen-bond donors (Lipinski definition) is 2. The van der Waals surface area contributed by atoms with Crippen LogP contribution in [0, 0.1) is 13.8 Å². The topological polar surface area (TPSA) is 79.9 Å². The molecule has 26 heavy (non-hydrogen) atoms. The summed E-state index contributed by atoms with van der Waals surface area (Å²) in [6, 6.07) is 13.6. The molecule has 1 aromatic heterocycles. The molecule has 0 bridgehead atoms. The van der Waals surface area contributed by atoms with Gasteiger partial charge in [0.15, 0.2) is 0 Å². The fraction of sp³-hybridized carbons (Fsp3) is 0.250. The minimum Gasteiger partial charge on any atom is -0.494 e. The lowest BCUT2D eigenvalue weighted by Gasteiger charge is -2.10. The maximum Gasteiger partial charge on any atom is 0.274 e. The molecule has 0 unspecified atom stereocenters. The minimum absolute atomic E-state index is 0.248. The zero-order valence-electron chi connectivity index (χ0n) is 15.2. The van der Waals surface area contributed by atoms with Crippen LogP contribution in [0.5, 0.6) is 5.75 Å². The SMILES string of the molecule is CCOc1ccc(Cc2nnc(Nc3cccc(C)c3C)[nH]c2=O)cc1. The fourth-order valence-electron chi connectivity index (χ4n) is 2.61. The van der Waals surface area contributed by atoms with Crippen LogP contribution in [-0.4, -0.2) is 21.8 Å². The predicted molar refractivity (Wildman–Crippen MR) is 102 cm³/mol. The van der Waals surface area contributed by atoms with Crippen LogP contribution >= 0.6 is 0 Å². The number of aryl methyl sites for hydroxylation is 1. The lowest BCUT2D eigenvalue weighted by molar-refractivity contribution is 0.340. The Kier molecular flexibility index (Phi) is 5.31. The molecule has 0 amide bonds. The van der Waals surface area contributed by atoms with Crippen molar-refractivity contribution in [3.63, 3.8) is 0 Å². The highest BCUT2D eigenvalue weighted by Crippen LogP contribution is 2.20. The van der Waals surface area contributed by atoms with Crippen LogP contribution in [0.1, 0.15) is 29.3 Å². The summed E-state index contributed by atoms with van der Waals surface area (Å²) in [6.07, 6.45) is 0.415. The third-order valence-electron chi connectivity index (χ3n) is 4.23. The van der Waals surface area contributed by atoms with Crippen molar-refractivity contribution in [1.82, 2.24) is 15.2 Å². The smallest absolute Gasteiger partial charge is 0.274 e. The van der Waals surface area contributed by atoms with E-state index in [0.29, 0.717) is 24.7 Å². The lowest BCUT2D eigenvalue weighted by Crippen LogP contribution is -2.19. The lowest BCUT2D eigenvalue weighted by atomic mass is 10.1. The molecule has 0 fully saturated rings. The summed E-state index contributed by atoms with van der Waals surface area (Å²) >= 11 is 0. The highest BCUT2D eigenvalue weighted by molar-refractivity contribution is 5.59. The average molecular weight is 350 g/mol. The molecule has 6 heteroatoms. The Morgan fingerprint density at radius 2 is 1.85 bits per heavy atom. The van der Waals surface area contributed by atoms with Crippen molar-refractivity contribution in [3.8, 4) is 5.75 Å². The Bertz CT molecular complexity index is 949. The summed E-state index contributed by atoms with van der Waals surface area (Å²) in [6.45, 7) is 6.62. The van der Waals surface area contributed by atoms with Gasteiger partial charge in [-0.25, -0.2) is 0 Å². The summed E-state index contributed by atoms with van der Waals surface area (Å²) in [5.74, 6) is 1.14. The number of rotatable bonds is 6. The van der Waals surface area contributed by atoms with Crippen LogP contribution in [0.25, 0.3) is 0 Å². The van der Waals surface area contributed by atoms with E-state index in [4.69, 9.17) is 4.74 Å². The predicted octanol–water partition coefficient (Wildman–Crippen LogP) is 3.51. The van der Waals surface area contributed by atoms with Crippen molar-refractivity contribution in [2.75, 3.05) is 11.9 Å². The van der Waals surface area contributed by atoms with E-state index in [0.717, 1.165) is 28.1 Å². The second-order valence-electron chi connectivity index (χ2n) is 6.08. The van der Waals surface area contributed by atoms with E-state index in [9.17, 15) is 4.79 Å². The first-order valence-corrected chi connectivity index (χ1v) is 8.57. The van der Waals surface area contributed by atoms with Gasteiger partial charge in [-0.3, -0.25) is 9.78 Å². The van der Waals surface area contributed by atoms with E-state index in [1.165, 1.54) is 0 Å². The number of aromatic nitrogens is 3. The monoisotopic (exact) mass is 350 g/mol. The maximum atomic E-state index is 12.3. The van der Waals surface area contributed by atoms with Gasteiger partial charge in [0.25, 0.3) is 5.56 Å². The maximum absolute atomic E-state index is 12.3. The van der Waals surface area contributed by atoms with Crippen LogP contribution in [0.2, 0.25) is 0 Å². The molecule has 0 saturated carbocycles. The third-order valence-corrected chi connectivity index (χ3v) is 4.23. The summed E-state index contributed by atoms with van der Waals surface area (Å²) < 4.78 is 5.42. The van der Waals surface area contributed by atoms with Crippen LogP contribution in [0.4, 0.5) is 11.6 Å². The van der Waals surface area contributed by atoms with E-state index in [-0.39, 0.29) is 5.56 Å². The standard InChI is InChI=1S/C20H22N4O2/c1-4-26-16-10-8-15(9-11-16)12-18-19(25)22-20(24-23-18)21-17-7-5-6-13(2)14(17)3/h5-11H,4,12H2,1-3H3,(H2,21,22,24,25). The third kappa shape index (κ3) is 4.08. The summed E-state index contributed by atoms with van der Waals surface area (Å²) in [7, 11) is 0. The molecule has 0 saturated heterocycles. The van der Waals surface area contributed by atoms with Crippen molar-refractivity contribution >= 4 is 11.6 Å². The normalized spacial score (nSPS) is 10.6. The Morgan fingerprint density at radius 1 is 1.08 bits per heavy atom.